The van der Waals surface area contributed by atoms with Crippen LogP contribution in [0, 0.1) is 10.1 Å². The number of hydrogen-bond donors (Lipinski definition) is 5. The minimum absolute atomic E-state index is 0.0884. The van der Waals surface area contributed by atoms with Gasteiger partial charge < -0.3 is 27.4 Å². The number of non-ortho nitro benzene ring substituents is 1. The van der Waals surface area contributed by atoms with Crippen LogP contribution in [0.3, 0.4) is 0 Å². The third-order valence-electron chi connectivity index (χ3n) is 4.90. The molecule has 35 heavy (non-hydrogen) atoms. The number of nitro groups is 1. The van der Waals surface area contributed by atoms with Gasteiger partial charge in [-0.25, -0.2) is 0 Å². The van der Waals surface area contributed by atoms with Gasteiger partial charge in [-0.05, 0) is 30.5 Å². The number of rotatable bonds is 12. The van der Waals surface area contributed by atoms with Crippen LogP contribution in [0.2, 0.25) is 0 Å². The molecule has 186 valence electrons. The second-order valence-corrected chi connectivity index (χ2v) is 7.75. The molecule has 7 N–H and O–H groups in total. The molecule has 0 radical (unpaired) electrons. The fraction of sp³-hybridized carbons (Fsp3) is 0.304. The van der Waals surface area contributed by atoms with Crippen molar-refractivity contribution in [3.8, 4) is 0 Å². The minimum atomic E-state index is -0.973. The lowest BCUT2D eigenvalue weighted by atomic mass is 10.0. The number of guanidine groups is 1. The molecule has 0 bridgehead atoms. The molecule has 0 aliphatic rings. The van der Waals surface area contributed by atoms with E-state index in [4.69, 9.17) is 11.5 Å². The lowest BCUT2D eigenvalue weighted by Crippen LogP contribution is -2.53. The number of nitro benzene ring substituents is 1. The summed E-state index contributed by atoms with van der Waals surface area (Å²) in [6.07, 6.45) is 0.830. The van der Waals surface area contributed by atoms with Crippen LogP contribution in [0.1, 0.15) is 25.3 Å². The highest BCUT2D eigenvalue weighted by atomic mass is 16.6. The Bertz CT molecular complexity index is 1050. The fourth-order valence-corrected chi connectivity index (χ4v) is 3.24. The van der Waals surface area contributed by atoms with Crippen molar-refractivity contribution in [2.75, 3.05) is 11.9 Å². The molecule has 12 heteroatoms. The van der Waals surface area contributed by atoms with Gasteiger partial charge in [0.1, 0.15) is 12.1 Å². The molecule has 0 unspecified atom stereocenters. The molecule has 2 atom stereocenters. The van der Waals surface area contributed by atoms with Crippen molar-refractivity contribution >= 4 is 35.1 Å². The highest BCUT2D eigenvalue weighted by Gasteiger charge is 2.26. The van der Waals surface area contributed by atoms with Crippen molar-refractivity contribution in [2.24, 2.45) is 16.5 Å². The minimum Gasteiger partial charge on any atom is -0.370 e. The van der Waals surface area contributed by atoms with E-state index in [9.17, 15) is 24.5 Å². The number of amides is 3. The fourth-order valence-electron chi connectivity index (χ4n) is 3.24. The number of carbonyl (C=O) groups excluding carboxylic acids is 3. The van der Waals surface area contributed by atoms with Gasteiger partial charge in [-0.15, -0.1) is 0 Å². The monoisotopic (exact) mass is 483 g/mol. The Balaban J connectivity index is 2.15. The molecule has 0 aromatic heterocycles. The van der Waals surface area contributed by atoms with Crippen molar-refractivity contribution in [2.45, 2.75) is 38.3 Å². The predicted molar refractivity (Wildman–Crippen MR) is 131 cm³/mol. The van der Waals surface area contributed by atoms with Gasteiger partial charge in [-0.3, -0.25) is 29.5 Å². The first-order chi connectivity index (χ1) is 16.7. The summed E-state index contributed by atoms with van der Waals surface area (Å²) in [7, 11) is 0. The first-order valence-corrected chi connectivity index (χ1v) is 10.9. The third kappa shape index (κ3) is 9.50. The second-order valence-electron chi connectivity index (χ2n) is 7.75. The summed E-state index contributed by atoms with van der Waals surface area (Å²) in [6.45, 7) is 1.55. The molecule has 3 amide bonds. The Morgan fingerprint density at radius 3 is 2.20 bits per heavy atom. The summed E-state index contributed by atoms with van der Waals surface area (Å²) in [6, 6.07) is 12.6. The lowest BCUT2D eigenvalue weighted by Gasteiger charge is -2.23. The average molecular weight is 484 g/mol. The van der Waals surface area contributed by atoms with Crippen LogP contribution >= 0.6 is 0 Å². The zero-order valence-corrected chi connectivity index (χ0v) is 19.3. The van der Waals surface area contributed by atoms with Gasteiger partial charge in [0, 0.05) is 37.7 Å². The summed E-state index contributed by atoms with van der Waals surface area (Å²) in [5, 5.41) is 18.8. The Morgan fingerprint density at radius 2 is 1.63 bits per heavy atom. The smallest absolute Gasteiger partial charge is 0.269 e. The Labute approximate surface area is 202 Å². The van der Waals surface area contributed by atoms with E-state index < -0.39 is 28.8 Å². The predicted octanol–water partition coefficient (Wildman–Crippen LogP) is 0.819. The number of anilines is 1. The van der Waals surface area contributed by atoms with E-state index in [0.29, 0.717) is 12.1 Å². The van der Waals surface area contributed by atoms with Gasteiger partial charge in [0.25, 0.3) is 5.69 Å². The molecule has 0 saturated heterocycles. The maximum absolute atomic E-state index is 13.1. The summed E-state index contributed by atoms with van der Waals surface area (Å²) < 4.78 is 0. The maximum Gasteiger partial charge on any atom is 0.269 e. The highest BCUT2D eigenvalue weighted by molar-refractivity contribution is 5.98. The quantitative estimate of drug-likeness (QED) is 0.0968. The Kier molecular flexibility index (Phi) is 10.2. The van der Waals surface area contributed by atoms with Gasteiger partial charge in [-0.1, -0.05) is 30.3 Å². The van der Waals surface area contributed by atoms with Gasteiger partial charge in [0.2, 0.25) is 17.7 Å². The van der Waals surface area contributed by atoms with Crippen molar-refractivity contribution in [3.63, 3.8) is 0 Å². The molecule has 12 nitrogen and oxygen atoms in total. The van der Waals surface area contributed by atoms with E-state index in [2.05, 4.69) is 20.9 Å². The van der Waals surface area contributed by atoms with Crippen molar-refractivity contribution in [3.05, 3.63) is 70.3 Å². The van der Waals surface area contributed by atoms with Crippen LogP contribution in [-0.4, -0.2) is 47.2 Å². The second kappa shape index (κ2) is 13.3. The summed E-state index contributed by atoms with van der Waals surface area (Å²) in [5.74, 6) is -1.54. The van der Waals surface area contributed by atoms with Gasteiger partial charge >= 0.3 is 0 Å². The molecule has 2 aromatic carbocycles. The van der Waals surface area contributed by atoms with Crippen LogP contribution in [0.4, 0.5) is 11.4 Å². The first kappa shape index (κ1) is 26.8. The zero-order valence-electron chi connectivity index (χ0n) is 19.3. The van der Waals surface area contributed by atoms with Crippen LogP contribution in [-0.2, 0) is 20.8 Å². The molecule has 0 fully saturated rings. The molecule has 0 spiro atoms. The number of nitrogens with one attached hydrogen (secondary N) is 3. The Morgan fingerprint density at radius 1 is 0.971 bits per heavy atom. The van der Waals surface area contributed by atoms with Crippen LogP contribution < -0.4 is 27.4 Å². The van der Waals surface area contributed by atoms with E-state index in [1.807, 2.05) is 30.3 Å². The summed E-state index contributed by atoms with van der Waals surface area (Å²) >= 11 is 0. The van der Waals surface area contributed by atoms with Gasteiger partial charge in [0.05, 0.1) is 4.92 Å². The van der Waals surface area contributed by atoms with Crippen molar-refractivity contribution in [1.82, 2.24) is 10.6 Å². The number of carbonyl (C=O) groups is 3. The SMILES string of the molecule is CC(=O)N[C@@H](Cc1ccccc1)C(=O)N[C@@H](CCCN=C(N)N)C(=O)Nc1ccc([N+](=O)[O-])cc1. The van der Waals surface area contributed by atoms with E-state index in [0.717, 1.165) is 5.56 Å². The molecule has 0 saturated carbocycles. The third-order valence-corrected chi connectivity index (χ3v) is 4.90. The molecule has 2 aromatic rings. The van der Waals surface area contributed by atoms with Crippen molar-refractivity contribution < 1.29 is 19.3 Å². The van der Waals surface area contributed by atoms with Gasteiger partial charge in [-0.2, -0.15) is 0 Å². The average Bonchev–Trinajstić information content (AvgIpc) is 2.81. The largest absolute Gasteiger partial charge is 0.370 e. The zero-order chi connectivity index (χ0) is 25.8. The topological polar surface area (TPSA) is 195 Å². The maximum atomic E-state index is 13.1. The number of hydrogen-bond acceptors (Lipinski definition) is 6. The van der Waals surface area contributed by atoms with E-state index in [1.54, 1.807) is 0 Å². The van der Waals surface area contributed by atoms with E-state index in [1.165, 1.54) is 31.2 Å². The number of benzene rings is 2. The summed E-state index contributed by atoms with van der Waals surface area (Å²) in [4.78, 5) is 51.9. The Hall–Kier alpha value is -4.48. The van der Waals surface area contributed by atoms with Crippen LogP contribution in [0.5, 0.6) is 0 Å². The van der Waals surface area contributed by atoms with E-state index >= 15 is 0 Å². The van der Waals surface area contributed by atoms with Gasteiger partial charge in [0.15, 0.2) is 5.96 Å². The molecule has 0 aliphatic heterocycles. The molecular formula is C23H29N7O5. The van der Waals surface area contributed by atoms with Crippen molar-refractivity contribution in [1.29, 1.82) is 0 Å². The lowest BCUT2D eigenvalue weighted by molar-refractivity contribution is -0.384. The molecule has 0 aliphatic carbocycles. The standard InChI is InChI=1S/C23H29N7O5/c1-15(31)27-20(14-16-6-3-2-4-7-16)22(33)29-19(8-5-13-26-23(24)25)21(32)28-17-9-11-18(12-10-17)30(34)35/h2-4,6-7,9-12,19-20H,5,8,13-14H2,1H3,(H,27,31)(H,28,32)(H,29,33)(H4,24,25,26)/t19-,20-/m0/s1. The highest BCUT2D eigenvalue weighted by Crippen LogP contribution is 2.16. The molecule has 0 heterocycles. The number of aliphatic imine (C=N–C) groups is 1. The normalized spacial score (nSPS) is 12.0. The van der Waals surface area contributed by atoms with E-state index in [-0.39, 0.29) is 36.9 Å². The van der Waals surface area contributed by atoms with Crippen LogP contribution in [0.25, 0.3) is 0 Å². The van der Waals surface area contributed by atoms with Crippen LogP contribution in [0.15, 0.2) is 59.6 Å². The molecular weight excluding hydrogens is 454 g/mol. The number of nitrogens with zero attached hydrogens (tertiary/aromatic N) is 2. The number of nitrogens with two attached hydrogens (primary N) is 2. The summed E-state index contributed by atoms with van der Waals surface area (Å²) in [5.41, 5.74) is 11.7. The first-order valence-electron chi connectivity index (χ1n) is 10.9. The molecule has 2 rings (SSSR count).